The van der Waals surface area contributed by atoms with Crippen LogP contribution in [0.25, 0.3) is 11.0 Å². The second kappa shape index (κ2) is 4.53. The van der Waals surface area contributed by atoms with Crippen LogP contribution in [0.5, 0.6) is 0 Å². The number of fused-ring (bicyclic) bond motifs is 1. The van der Waals surface area contributed by atoms with Gasteiger partial charge >= 0.3 is 0 Å². The number of rotatable bonds is 2. The van der Waals surface area contributed by atoms with E-state index in [-0.39, 0.29) is 0 Å². The van der Waals surface area contributed by atoms with Crippen molar-refractivity contribution in [2.45, 2.75) is 25.7 Å². The lowest BCUT2D eigenvalue weighted by Crippen LogP contribution is -2.34. The van der Waals surface area contributed by atoms with E-state index < -0.39 is 0 Å². The van der Waals surface area contributed by atoms with Gasteiger partial charge in [-0.2, -0.15) is 0 Å². The Hall–Kier alpha value is -1.28. The van der Waals surface area contributed by atoms with Crippen LogP contribution in [0.4, 0.5) is 0 Å². The lowest BCUT2D eigenvalue weighted by molar-refractivity contribution is 0.286. The summed E-state index contributed by atoms with van der Waals surface area (Å²) in [6.45, 7) is 4.50. The molecule has 90 valence electrons. The minimum Gasteiger partial charge on any atom is -0.461 e. The van der Waals surface area contributed by atoms with Gasteiger partial charge in [-0.15, -0.1) is 0 Å². The highest BCUT2D eigenvalue weighted by atomic mass is 16.3. The van der Waals surface area contributed by atoms with E-state index in [1.165, 1.54) is 24.0 Å². The molecule has 1 aromatic heterocycles. The molecule has 2 aromatic rings. The van der Waals surface area contributed by atoms with Gasteiger partial charge in [0.05, 0.1) is 0 Å². The number of benzene rings is 1. The molecule has 17 heavy (non-hydrogen) atoms. The van der Waals surface area contributed by atoms with Gasteiger partial charge < -0.3 is 9.73 Å². The van der Waals surface area contributed by atoms with E-state index >= 15 is 0 Å². The number of piperidine rings is 1. The number of nitrogens with one attached hydrogen (secondary N) is 1. The zero-order valence-electron chi connectivity index (χ0n) is 10.3. The van der Waals surface area contributed by atoms with E-state index in [0.717, 1.165) is 18.7 Å². The maximum Gasteiger partial charge on any atom is 0.134 e. The zero-order valence-corrected chi connectivity index (χ0v) is 10.3. The van der Waals surface area contributed by atoms with E-state index in [1.54, 1.807) is 0 Å². The maximum atomic E-state index is 6.01. The Balaban J connectivity index is 1.96. The predicted molar refractivity (Wildman–Crippen MR) is 70.2 cm³/mol. The zero-order chi connectivity index (χ0) is 11.7. The van der Waals surface area contributed by atoms with Crippen LogP contribution in [0.3, 0.4) is 0 Å². The van der Waals surface area contributed by atoms with E-state index in [9.17, 15) is 0 Å². The quantitative estimate of drug-likeness (QED) is 0.852. The molecule has 1 aromatic carbocycles. The third kappa shape index (κ3) is 1.98. The van der Waals surface area contributed by atoms with Gasteiger partial charge in [0.1, 0.15) is 11.3 Å². The lowest BCUT2D eigenvalue weighted by Gasteiger charge is -2.29. The summed E-state index contributed by atoms with van der Waals surface area (Å²) in [4.78, 5) is 0. The Morgan fingerprint density at radius 3 is 3.06 bits per heavy atom. The molecule has 0 bridgehead atoms. The monoisotopic (exact) mass is 229 g/mol. The third-order valence-corrected chi connectivity index (χ3v) is 3.94. The first-order valence-corrected chi connectivity index (χ1v) is 6.57. The van der Waals surface area contributed by atoms with Crippen molar-refractivity contribution in [3.8, 4) is 0 Å². The van der Waals surface area contributed by atoms with Gasteiger partial charge in [-0.25, -0.2) is 0 Å². The van der Waals surface area contributed by atoms with Crippen LogP contribution in [0.2, 0.25) is 0 Å². The van der Waals surface area contributed by atoms with Crippen LogP contribution < -0.4 is 5.32 Å². The lowest BCUT2D eigenvalue weighted by atomic mass is 9.83. The SMILES string of the molecule is CCC1CNCCC1c1cc2ccccc2o1. The minimum atomic E-state index is 0.591. The Morgan fingerprint density at radius 1 is 1.35 bits per heavy atom. The molecule has 1 N–H and O–H groups in total. The smallest absolute Gasteiger partial charge is 0.134 e. The summed E-state index contributed by atoms with van der Waals surface area (Å²) in [5.41, 5.74) is 1.02. The molecular weight excluding hydrogens is 210 g/mol. The van der Waals surface area contributed by atoms with Gasteiger partial charge in [-0.05, 0) is 37.6 Å². The molecule has 2 nitrogen and oxygen atoms in total. The largest absolute Gasteiger partial charge is 0.461 e. The van der Waals surface area contributed by atoms with E-state index in [0.29, 0.717) is 11.8 Å². The van der Waals surface area contributed by atoms with Crippen molar-refractivity contribution in [3.05, 3.63) is 36.1 Å². The topological polar surface area (TPSA) is 25.2 Å². The Kier molecular flexibility index (Phi) is 2.89. The van der Waals surface area contributed by atoms with Gasteiger partial charge in [0.2, 0.25) is 0 Å². The summed E-state index contributed by atoms with van der Waals surface area (Å²) in [5.74, 6) is 2.48. The highest BCUT2D eigenvalue weighted by molar-refractivity contribution is 5.77. The van der Waals surface area contributed by atoms with E-state index in [2.05, 4.69) is 36.5 Å². The molecule has 0 amide bonds. The normalized spacial score (nSPS) is 25.2. The maximum absolute atomic E-state index is 6.01. The van der Waals surface area contributed by atoms with Crippen molar-refractivity contribution in [2.75, 3.05) is 13.1 Å². The summed E-state index contributed by atoms with van der Waals surface area (Å²) in [5, 5.41) is 4.71. The van der Waals surface area contributed by atoms with Gasteiger partial charge in [-0.3, -0.25) is 0 Å². The summed E-state index contributed by atoms with van der Waals surface area (Å²) in [6, 6.07) is 10.5. The van der Waals surface area contributed by atoms with Crippen molar-refractivity contribution in [1.82, 2.24) is 5.32 Å². The van der Waals surface area contributed by atoms with Crippen LogP contribution in [-0.4, -0.2) is 13.1 Å². The molecule has 2 heteroatoms. The van der Waals surface area contributed by atoms with Crippen LogP contribution in [0, 0.1) is 5.92 Å². The Bertz CT molecular complexity index is 469. The van der Waals surface area contributed by atoms with E-state index in [4.69, 9.17) is 4.42 Å². The first kappa shape index (κ1) is 10.8. The molecule has 2 atom stereocenters. The van der Waals surface area contributed by atoms with Crippen molar-refractivity contribution in [1.29, 1.82) is 0 Å². The second-order valence-electron chi connectivity index (χ2n) is 4.95. The summed E-state index contributed by atoms with van der Waals surface area (Å²) >= 11 is 0. The van der Waals surface area contributed by atoms with Crippen LogP contribution in [-0.2, 0) is 0 Å². The van der Waals surface area contributed by atoms with Crippen molar-refractivity contribution in [2.24, 2.45) is 5.92 Å². The molecule has 3 rings (SSSR count). The fourth-order valence-corrected chi connectivity index (χ4v) is 2.91. The Morgan fingerprint density at radius 2 is 2.24 bits per heavy atom. The number of hydrogen-bond acceptors (Lipinski definition) is 2. The third-order valence-electron chi connectivity index (χ3n) is 3.94. The van der Waals surface area contributed by atoms with Crippen molar-refractivity contribution < 1.29 is 4.42 Å². The molecule has 1 aliphatic rings. The predicted octanol–water partition coefficient (Wildman–Crippen LogP) is 3.54. The first-order valence-electron chi connectivity index (χ1n) is 6.57. The molecule has 1 aliphatic heterocycles. The molecule has 0 saturated carbocycles. The standard InChI is InChI=1S/C15H19NO/c1-2-11-10-16-8-7-13(11)15-9-12-5-3-4-6-14(12)17-15/h3-6,9,11,13,16H,2,7-8,10H2,1H3. The summed E-state index contributed by atoms with van der Waals surface area (Å²) < 4.78 is 6.01. The second-order valence-corrected chi connectivity index (χ2v) is 4.95. The summed E-state index contributed by atoms with van der Waals surface area (Å²) in [6.07, 6.45) is 2.41. The molecule has 0 aliphatic carbocycles. The Labute approximate surface area is 102 Å². The molecule has 1 fully saturated rings. The highest BCUT2D eigenvalue weighted by Crippen LogP contribution is 2.35. The molecular formula is C15H19NO. The summed E-state index contributed by atoms with van der Waals surface area (Å²) in [7, 11) is 0. The fraction of sp³-hybridized carbons (Fsp3) is 0.467. The van der Waals surface area contributed by atoms with Crippen molar-refractivity contribution in [3.63, 3.8) is 0 Å². The van der Waals surface area contributed by atoms with Crippen LogP contribution >= 0.6 is 0 Å². The number of para-hydroxylation sites is 1. The average Bonchev–Trinajstić information content (AvgIpc) is 2.82. The van der Waals surface area contributed by atoms with Gasteiger partial charge in [0.25, 0.3) is 0 Å². The average molecular weight is 229 g/mol. The van der Waals surface area contributed by atoms with Gasteiger partial charge in [0, 0.05) is 11.3 Å². The molecule has 2 unspecified atom stereocenters. The molecule has 0 radical (unpaired) electrons. The molecule has 1 saturated heterocycles. The fourth-order valence-electron chi connectivity index (χ4n) is 2.91. The van der Waals surface area contributed by atoms with Gasteiger partial charge in [0.15, 0.2) is 0 Å². The number of furan rings is 1. The first-order chi connectivity index (χ1) is 8.38. The highest BCUT2D eigenvalue weighted by Gasteiger charge is 2.27. The van der Waals surface area contributed by atoms with E-state index in [1.807, 2.05) is 6.07 Å². The minimum absolute atomic E-state index is 0.591. The molecule has 2 heterocycles. The van der Waals surface area contributed by atoms with Crippen LogP contribution in [0.1, 0.15) is 31.4 Å². The van der Waals surface area contributed by atoms with Crippen LogP contribution in [0.15, 0.2) is 34.7 Å². The van der Waals surface area contributed by atoms with Crippen molar-refractivity contribution >= 4 is 11.0 Å². The number of hydrogen-bond donors (Lipinski definition) is 1. The molecule has 0 spiro atoms. The van der Waals surface area contributed by atoms with Gasteiger partial charge in [-0.1, -0.05) is 31.5 Å².